The number of fused-ring (bicyclic) bond motifs is 2. The highest BCUT2D eigenvalue weighted by Gasteiger charge is 2.16. The molecule has 0 unspecified atom stereocenters. The minimum absolute atomic E-state index is 0.158. The molecule has 4 aromatic carbocycles. The Morgan fingerprint density at radius 3 is 1.09 bits per heavy atom. The second kappa shape index (κ2) is 17.4. The van der Waals surface area contributed by atoms with E-state index in [1.807, 2.05) is 13.8 Å². The fraction of sp³-hybridized carbons (Fsp3) is 0.278. The molecule has 1 heterocycles. The molecule has 10 nitrogen and oxygen atoms in total. The van der Waals surface area contributed by atoms with Crippen LogP contribution < -0.4 is 30.4 Å². The first-order chi connectivity index (χ1) is 22.5. The summed E-state index contributed by atoms with van der Waals surface area (Å²) in [7, 11) is 0. The molecule has 0 atom stereocenters. The molecule has 0 aliphatic carbocycles. The van der Waals surface area contributed by atoms with Gasteiger partial charge in [0.2, 0.25) is 0 Å². The highest BCUT2D eigenvalue weighted by Crippen LogP contribution is 2.31. The van der Waals surface area contributed by atoms with Crippen molar-refractivity contribution < 1.29 is 38.0 Å². The van der Waals surface area contributed by atoms with Gasteiger partial charge in [-0.2, -0.15) is 0 Å². The fourth-order valence-corrected chi connectivity index (χ4v) is 4.41. The van der Waals surface area contributed by atoms with E-state index in [1.165, 1.54) is 0 Å². The van der Waals surface area contributed by atoms with Gasteiger partial charge < -0.3 is 39.9 Å². The van der Waals surface area contributed by atoms with Crippen LogP contribution in [0.3, 0.4) is 0 Å². The summed E-state index contributed by atoms with van der Waals surface area (Å²) >= 11 is 0. The summed E-state index contributed by atoms with van der Waals surface area (Å²) in [5.41, 5.74) is 14.6. The number of ether oxygens (including phenoxy) is 6. The van der Waals surface area contributed by atoms with Gasteiger partial charge in [-0.1, -0.05) is 13.8 Å². The minimum atomic E-state index is -0.158. The average molecular weight is 629 g/mol. The monoisotopic (exact) mass is 628 g/mol. The summed E-state index contributed by atoms with van der Waals surface area (Å²) in [6.07, 6.45) is 0. The lowest BCUT2D eigenvalue weighted by atomic mass is 10.0. The van der Waals surface area contributed by atoms with E-state index in [4.69, 9.17) is 39.9 Å². The highest BCUT2D eigenvalue weighted by molar-refractivity contribution is 6.10. The van der Waals surface area contributed by atoms with Crippen LogP contribution in [-0.4, -0.2) is 64.4 Å². The van der Waals surface area contributed by atoms with Crippen LogP contribution in [0, 0.1) is 0 Å². The Morgan fingerprint density at radius 1 is 0.435 bits per heavy atom. The minimum Gasteiger partial charge on any atom is -0.487 e. The zero-order valence-electron chi connectivity index (χ0n) is 26.2. The van der Waals surface area contributed by atoms with Crippen LogP contribution in [-0.2, 0) is 9.47 Å². The molecular formula is C36H40N2O8. The molecule has 0 saturated carbocycles. The van der Waals surface area contributed by atoms with Crippen LogP contribution in [0.1, 0.15) is 45.7 Å². The van der Waals surface area contributed by atoms with Crippen molar-refractivity contribution in [2.45, 2.75) is 13.8 Å². The van der Waals surface area contributed by atoms with Crippen molar-refractivity contribution in [3.63, 3.8) is 0 Å². The molecule has 10 heteroatoms. The number of nitrogen functional groups attached to an aromatic ring is 2. The first-order valence-electron chi connectivity index (χ1n) is 15.2. The van der Waals surface area contributed by atoms with Crippen molar-refractivity contribution >= 4 is 22.9 Å². The summed E-state index contributed by atoms with van der Waals surface area (Å²) in [4.78, 5) is 26.0. The number of hydrogen-bond donors (Lipinski definition) is 2. The van der Waals surface area contributed by atoms with E-state index >= 15 is 0 Å². The van der Waals surface area contributed by atoms with Crippen molar-refractivity contribution in [3.8, 4) is 23.0 Å². The van der Waals surface area contributed by atoms with Gasteiger partial charge in [0.05, 0.1) is 26.4 Å². The van der Waals surface area contributed by atoms with Crippen molar-refractivity contribution in [1.29, 1.82) is 0 Å². The van der Waals surface area contributed by atoms with E-state index < -0.39 is 0 Å². The SMILES string of the molecule is CC.Nc1ccc(C(=O)c2ccc3c(c2)OCCOCCOc2ccc(C(=O)c4ccc(N)cc4)cc2OCCOCCO3)cc1. The first-order valence-corrected chi connectivity index (χ1v) is 15.2. The lowest BCUT2D eigenvalue weighted by Crippen LogP contribution is -2.16. The molecule has 0 aromatic heterocycles. The number of anilines is 2. The number of nitrogens with two attached hydrogens (primary N) is 2. The maximum Gasteiger partial charge on any atom is 0.193 e. The molecule has 46 heavy (non-hydrogen) atoms. The Kier molecular flexibility index (Phi) is 12.8. The number of hydrogen-bond acceptors (Lipinski definition) is 10. The van der Waals surface area contributed by atoms with Gasteiger partial charge in [0.1, 0.15) is 26.4 Å². The molecule has 5 rings (SSSR count). The Bertz CT molecular complexity index is 1450. The topological polar surface area (TPSA) is 142 Å². The van der Waals surface area contributed by atoms with Gasteiger partial charge in [-0.15, -0.1) is 0 Å². The van der Waals surface area contributed by atoms with Crippen molar-refractivity contribution in [2.75, 3.05) is 64.3 Å². The Hall–Kier alpha value is -5.06. The molecule has 0 radical (unpaired) electrons. The zero-order valence-corrected chi connectivity index (χ0v) is 26.2. The summed E-state index contributed by atoms with van der Waals surface area (Å²) in [6.45, 7) is 6.08. The third-order valence-corrected chi connectivity index (χ3v) is 6.70. The summed E-state index contributed by atoms with van der Waals surface area (Å²) in [5.74, 6) is 1.50. The number of rotatable bonds is 4. The normalized spacial score (nSPS) is 14.0. The predicted molar refractivity (Wildman–Crippen MR) is 176 cm³/mol. The second-order valence-electron chi connectivity index (χ2n) is 9.84. The lowest BCUT2D eigenvalue weighted by molar-refractivity contribution is 0.0639. The number of benzene rings is 4. The van der Waals surface area contributed by atoms with Gasteiger partial charge in [-0.3, -0.25) is 9.59 Å². The molecular weight excluding hydrogens is 588 g/mol. The second-order valence-corrected chi connectivity index (χ2v) is 9.84. The fourth-order valence-electron chi connectivity index (χ4n) is 4.41. The maximum atomic E-state index is 13.0. The smallest absolute Gasteiger partial charge is 0.193 e. The van der Waals surface area contributed by atoms with Crippen LogP contribution in [0.5, 0.6) is 23.0 Å². The van der Waals surface area contributed by atoms with Crippen LogP contribution in [0.2, 0.25) is 0 Å². The lowest BCUT2D eigenvalue weighted by Gasteiger charge is -2.16. The van der Waals surface area contributed by atoms with Crippen LogP contribution >= 0.6 is 0 Å². The number of carbonyl (C=O) groups is 2. The Morgan fingerprint density at radius 2 is 0.739 bits per heavy atom. The summed E-state index contributed by atoms with van der Waals surface area (Å²) in [5, 5.41) is 0. The van der Waals surface area contributed by atoms with Gasteiger partial charge in [0, 0.05) is 33.6 Å². The third-order valence-electron chi connectivity index (χ3n) is 6.70. The van der Waals surface area contributed by atoms with Gasteiger partial charge in [0.15, 0.2) is 34.6 Å². The summed E-state index contributed by atoms with van der Waals surface area (Å²) in [6, 6.07) is 23.6. The van der Waals surface area contributed by atoms with Crippen molar-refractivity contribution in [2.24, 2.45) is 0 Å². The summed E-state index contributed by atoms with van der Waals surface area (Å²) < 4.78 is 35.1. The average Bonchev–Trinajstić information content (AvgIpc) is 3.08. The third kappa shape index (κ3) is 9.47. The zero-order chi connectivity index (χ0) is 32.7. The molecule has 4 aromatic rings. The van der Waals surface area contributed by atoms with E-state index in [9.17, 15) is 9.59 Å². The largest absolute Gasteiger partial charge is 0.487 e. The van der Waals surface area contributed by atoms with Gasteiger partial charge in [-0.25, -0.2) is 0 Å². The van der Waals surface area contributed by atoms with E-state index in [1.54, 1.807) is 84.9 Å². The molecule has 1 aliphatic heterocycles. The van der Waals surface area contributed by atoms with Crippen LogP contribution in [0.4, 0.5) is 11.4 Å². The molecule has 0 bridgehead atoms. The van der Waals surface area contributed by atoms with Gasteiger partial charge >= 0.3 is 0 Å². The number of ketones is 2. The van der Waals surface area contributed by atoms with Gasteiger partial charge in [-0.05, 0) is 84.9 Å². The van der Waals surface area contributed by atoms with Crippen molar-refractivity contribution in [3.05, 3.63) is 107 Å². The first kappa shape index (κ1) is 33.8. The molecule has 0 amide bonds. The molecule has 0 saturated heterocycles. The molecule has 4 N–H and O–H groups in total. The van der Waals surface area contributed by atoms with E-state index in [0.717, 1.165) is 0 Å². The van der Waals surface area contributed by atoms with E-state index in [2.05, 4.69) is 0 Å². The quantitative estimate of drug-likeness (QED) is 0.217. The number of carbonyl (C=O) groups excluding carboxylic acids is 2. The predicted octanol–water partition coefficient (Wildman–Crippen LogP) is 5.60. The molecule has 242 valence electrons. The van der Waals surface area contributed by atoms with Crippen LogP contribution in [0.25, 0.3) is 0 Å². The Labute approximate surface area is 269 Å². The maximum absolute atomic E-state index is 13.0. The molecule has 0 fully saturated rings. The standard InChI is InChI=1S/C34H34N2O8.C2H6/c35-27-7-1-23(2-8-27)33(37)25-5-11-29-31(21-25)43-19-15-39-14-18-42-30-12-6-26(34(38)24-3-9-28(36)10-4-24)22-32(30)44-20-16-40-13-17-41-29;1-2/h1-12,21-22H,13-20,35-36H2;1-2H3. The van der Waals surface area contributed by atoms with Crippen LogP contribution in [0.15, 0.2) is 84.9 Å². The highest BCUT2D eigenvalue weighted by atomic mass is 16.6. The van der Waals surface area contributed by atoms with Crippen molar-refractivity contribution in [1.82, 2.24) is 0 Å². The van der Waals surface area contributed by atoms with E-state index in [0.29, 0.717) is 56.6 Å². The Balaban J connectivity index is 0.00000235. The molecule has 0 spiro atoms. The van der Waals surface area contributed by atoms with Gasteiger partial charge in [0.25, 0.3) is 0 Å². The molecule has 1 aliphatic rings. The van der Waals surface area contributed by atoms with E-state index in [-0.39, 0.29) is 64.4 Å².